The highest BCUT2D eigenvalue weighted by molar-refractivity contribution is 6.31. The summed E-state index contributed by atoms with van der Waals surface area (Å²) in [7, 11) is 0. The van der Waals surface area contributed by atoms with Crippen LogP contribution in [0.2, 0.25) is 5.02 Å². The van der Waals surface area contributed by atoms with Gasteiger partial charge in [-0.15, -0.1) is 0 Å². The van der Waals surface area contributed by atoms with Gasteiger partial charge in [-0.05, 0) is 35.2 Å². The van der Waals surface area contributed by atoms with Crippen LogP contribution in [0.1, 0.15) is 22.6 Å². The Morgan fingerprint density at radius 3 is 2.84 bits per heavy atom. The van der Waals surface area contributed by atoms with Gasteiger partial charge in [0.1, 0.15) is 5.82 Å². The van der Waals surface area contributed by atoms with E-state index in [4.69, 9.17) is 11.6 Å². The third-order valence-corrected chi connectivity index (χ3v) is 4.03. The number of nitrogens with one attached hydrogen (secondary N) is 1. The standard InChI is InChI=1S/C16H15ClFN/c17-16-8-14(18)6-5-12(16)9-19-10-13-7-11-3-1-2-4-15(11)13/h1-6,8,13,19H,7,9-10H2. The third kappa shape index (κ3) is 2.65. The van der Waals surface area contributed by atoms with Crippen LogP contribution in [-0.4, -0.2) is 6.54 Å². The maximum absolute atomic E-state index is 12.9. The molecule has 0 saturated heterocycles. The summed E-state index contributed by atoms with van der Waals surface area (Å²) in [6.45, 7) is 1.61. The fourth-order valence-electron chi connectivity index (χ4n) is 2.59. The minimum atomic E-state index is -0.290. The van der Waals surface area contributed by atoms with Gasteiger partial charge in [-0.25, -0.2) is 4.39 Å². The van der Waals surface area contributed by atoms with Crippen molar-refractivity contribution in [2.24, 2.45) is 0 Å². The van der Waals surface area contributed by atoms with Gasteiger partial charge in [0.25, 0.3) is 0 Å². The van der Waals surface area contributed by atoms with Gasteiger partial charge in [0.15, 0.2) is 0 Å². The Hall–Kier alpha value is -1.38. The zero-order valence-electron chi connectivity index (χ0n) is 10.5. The van der Waals surface area contributed by atoms with Gasteiger partial charge in [-0.1, -0.05) is 41.9 Å². The van der Waals surface area contributed by atoms with Crippen molar-refractivity contribution in [3.8, 4) is 0 Å². The molecule has 1 aliphatic rings. The quantitative estimate of drug-likeness (QED) is 0.892. The van der Waals surface area contributed by atoms with Crippen LogP contribution in [0.25, 0.3) is 0 Å². The Kier molecular flexibility index (Phi) is 3.54. The molecule has 1 nitrogen and oxygen atoms in total. The zero-order chi connectivity index (χ0) is 13.2. The minimum absolute atomic E-state index is 0.290. The highest BCUT2D eigenvalue weighted by atomic mass is 35.5. The van der Waals surface area contributed by atoms with Crippen molar-refractivity contribution in [2.45, 2.75) is 18.9 Å². The first-order chi connectivity index (χ1) is 9.24. The minimum Gasteiger partial charge on any atom is -0.312 e. The fraction of sp³-hybridized carbons (Fsp3) is 0.250. The van der Waals surface area contributed by atoms with Gasteiger partial charge >= 0.3 is 0 Å². The molecule has 2 aromatic rings. The number of hydrogen-bond acceptors (Lipinski definition) is 1. The summed E-state index contributed by atoms with van der Waals surface area (Å²) >= 11 is 5.99. The molecule has 2 aromatic carbocycles. The Bertz CT molecular complexity index is 597. The summed E-state index contributed by atoms with van der Waals surface area (Å²) in [6.07, 6.45) is 1.14. The molecule has 19 heavy (non-hydrogen) atoms. The number of rotatable bonds is 4. The van der Waals surface area contributed by atoms with Crippen molar-refractivity contribution >= 4 is 11.6 Å². The average molecular weight is 276 g/mol. The van der Waals surface area contributed by atoms with Crippen LogP contribution in [0.5, 0.6) is 0 Å². The normalized spacial score (nSPS) is 16.8. The van der Waals surface area contributed by atoms with Crippen molar-refractivity contribution in [3.05, 3.63) is 70.0 Å². The predicted molar refractivity (Wildman–Crippen MR) is 76.0 cm³/mol. The summed E-state index contributed by atoms with van der Waals surface area (Å²) in [4.78, 5) is 0. The topological polar surface area (TPSA) is 12.0 Å². The van der Waals surface area contributed by atoms with E-state index < -0.39 is 0 Å². The molecule has 0 aliphatic heterocycles. The van der Waals surface area contributed by atoms with E-state index in [1.165, 1.54) is 23.3 Å². The summed E-state index contributed by atoms with van der Waals surface area (Å²) < 4.78 is 12.9. The van der Waals surface area contributed by atoms with Gasteiger partial charge in [-0.2, -0.15) is 0 Å². The molecule has 0 radical (unpaired) electrons. The molecule has 0 amide bonds. The van der Waals surface area contributed by atoms with Gasteiger partial charge in [-0.3, -0.25) is 0 Å². The number of fused-ring (bicyclic) bond motifs is 1. The van der Waals surface area contributed by atoms with E-state index >= 15 is 0 Å². The number of halogens is 2. The van der Waals surface area contributed by atoms with Gasteiger partial charge in [0.2, 0.25) is 0 Å². The lowest BCUT2D eigenvalue weighted by molar-refractivity contribution is 0.535. The lowest BCUT2D eigenvalue weighted by Gasteiger charge is -2.30. The SMILES string of the molecule is Fc1ccc(CNCC2Cc3ccccc32)c(Cl)c1. The van der Waals surface area contributed by atoms with E-state index in [9.17, 15) is 4.39 Å². The second-order valence-electron chi connectivity index (χ2n) is 4.97. The first-order valence-corrected chi connectivity index (χ1v) is 6.84. The second kappa shape index (κ2) is 5.32. The maximum Gasteiger partial charge on any atom is 0.124 e. The van der Waals surface area contributed by atoms with Crippen LogP contribution in [0, 0.1) is 5.82 Å². The predicted octanol–water partition coefficient (Wildman–Crippen LogP) is 3.91. The summed E-state index contributed by atoms with van der Waals surface area (Å²) in [6, 6.07) is 13.1. The van der Waals surface area contributed by atoms with E-state index in [1.54, 1.807) is 6.07 Å². The average Bonchev–Trinajstić information content (AvgIpc) is 2.37. The van der Waals surface area contributed by atoms with Gasteiger partial charge < -0.3 is 5.32 Å². The molecule has 98 valence electrons. The van der Waals surface area contributed by atoms with E-state index in [-0.39, 0.29) is 5.82 Å². The molecule has 1 atom stereocenters. The summed E-state index contributed by atoms with van der Waals surface area (Å²) in [5.41, 5.74) is 3.84. The van der Waals surface area contributed by atoms with Crippen LogP contribution in [-0.2, 0) is 13.0 Å². The molecule has 1 N–H and O–H groups in total. The van der Waals surface area contributed by atoms with Crippen LogP contribution in [0.15, 0.2) is 42.5 Å². The molecular formula is C16H15ClFN. The molecule has 0 heterocycles. The molecule has 3 rings (SSSR count). The van der Waals surface area contributed by atoms with E-state index in [1.807, 2.05) is 0 Å². The zero-order valence-corrected chi connectivity index (χ0v) is 11.3. The first-order valence-electron chi connectivity index (χ1n) is 6.46. The molecular weight excluding hydrogens is 261 g/mol. The molecule has 0 aromatic heterocycles. The Morgan fingerprint density at radius 2 is 2.05 bits per heavy atom. The van der Waals surface area contributed by atoms with E-state index in [0.717, 1.165) is 18.5 Å². The monoisotopic (exact) mass is 275 g/mol. The molecule has 0 saturated carbocycles. The lowest BCUT2D eigenvalue weighted by Crippen LogP contribution is -2.28. The van der Waals surface area contributed by atoms with Crippen LogP contribution < -0.4 is 5.32 Å². The van der Waals surface area contributed by atoms with Crippen LogP contribution in [0.3, 0.4) is 0 Å². The Morgan fingerprint density at radius 1 is 1.21 bits per heavy atom. The van der Waals surface area contributed by atoms with Crippen LogP contribution in [0.4, 0.5) is 4.39 Å². The molecule has 0 bridgehead atoms. The van der Waals surface area contributed by atoms with Gasteiger partial charge in [0, 0.05) is 24.0 Å². The summed E-state index contributed by atoms with van der Waals surface area (Å²) in [5, 5.41) is 3.89. The maximum atomic E-state index is 12.9. The van der Waals surface area contributed by atoms with Crippen molar-refractivity contribution in [3.63, 3.8) is 0 Å². The molecule has 1 aliphatic carbocycles. The highest BCUT2D eigenvalue weighted by Gasteiger charge is 2.24. The third-order valence-electron chi connectivity index (χ3n) is 3.68. The molecule has 3 heteroatoms. The van der Waals surface area contributed by atoms with E-state index in [2.05, 4.69) is 29.6 Å². The summed E-state index contributed by atoms with van der Waals surface area (Å²) in [5.74, 6) is 0.303. The van der Waals surface area contributed by atoms with E-state index in [0.29, 0.717) is 17.5 Å². The molecule has 0 fully saturated rings. The highest BCUT2D eigenvalue weighted by Crippen LogP contribution is 2.34. The van der Waals surface area contributed by atoms with Gasteiger partial charge in [0.05, 0.1) is 0 Å². The smallest absolute Gasteiger partial charge is 0.124 e. The largest absolute Gasteiger partial charge is 0.312 e. The molecule has 0 spiro atoms. The molecule has 1 unspecified atom stereocenters. The number of benzene rings is 2. The van der Waals surface area contributed by atoms with Crippen molar-refractivity contribution in [2.75, 3.05) is 6.54 Å². The Balaban J connectivity index is 1.55. The fourth-order valence-corrected chi connectivity index (χ4v) is 2.82. The lowest BCUT2D eigenvalue weighted by atomic mass is 9.77. The van der Waals surface area contributed by atoms with Crippen LogP contribution >= 0.6 is 11.6 Å². The van der Waals surface area contributed by atoms with Crippen molar-refractivity contribution < 1.29 is 4.39 Å². The number of hydrogen-bond donors (Lipinski definition) is 1. The first kappa shape index (κ1) is 12.6. The van der Waals surface area contributed by atoms with Crippen molar-refractivity contribution in [1.29, 1.82) is 0 Å². The Labute approximate surface area is 117 Å². The second-order valence-corrected chi connectivity index (χ2v) is 5.37. The van der Waals surface area contributed by atoms with Crippen molar-refractivity contribution in [1.82, 2.24) is 5.32 Å².